The Kier molecular flexibility index (Phi) is 2.40. The fourth-order valence-electron chi connectivity index (χ4n) is 3.95. The van der Waals surface area contributed by atoms with Gasteiger partial charge in [0.05, 0.1) is 0 Å². The lowest BCUT2D eigenvalue weighted by molar-refractivity contribution is -0.174. The molecule has 0 amide bonds. The Morgan fingerprint density at radius 1 is 1.10 bits per heavy atom. The van der Waals surface area contributed by atoms with Crippen LogP contribution in [-0.4, -0.2) is 11.6 Å². The van der Waals surface area contributed by atoms with Gasteiger partial charge in [-0.05, 0) is 11.5 Å². The van der Waals surface area contributed by atoms with Crippen LogP contribution < -0.4 is 4.74 Å². The first-order valence-corrected chi connectivity index (χ1v) is 7.60. The van der Waals surface area contributed by atoms with E-state index in [9.17, 15) is 4.79 Å². The number of rotatable bonds is 0. The molecule has 1 aromatic carbocycles. The lowest BCUT2D eigenvalue weighted by Crippen LogP contribution is -2.47. The summed E-state index contributed by atoms with van der Waals surface area (Å²) in [7, 11) is 0. The third kappa shape index (κ3) is 1.90. The number of ketones is 1. The molecule has 0 spiro atoms. The van der Waals surface area contributed by atoms with Gasteiger partial charge in [0, 0.05) is 43.2 Å². The Morgan fingerprint density at radius 2 is 1.86 bits per heavy atom. The van der Waals surface area contributed by atoms with Crippen molar-refractivity contribution in [1.29, 1.82) is 0 Å². The van der Waals surface area contributed by atoms with Crippen LogP contribution in [0.15, 0.2) is 35.6 Å². The van der Waals surface area contributed by atoms with Gasteiger partial charge in [0.2, 0.25) is 5.79 Å². The van der Waals surface area contributed by atoms with Crippen LogP contribution in [0.1, 0.15) is 51.5 Å². The zero-order valence-corrected chi connectivity index (χ0v) is 12.7. The second-order valence-corrected chi connectivity index (χ2v) is 7.41. The van der Waals surface area contributed by atoms with Crippen LogP contribution >= 0.6 is 0 Å². The van der Waals surface area contributed by atoms with E-state index in [-0.39, 0.29) is 17.1 Å². The summed E-state index contributed by atoms with van der Waals surface area (Å²) < 4.78 is 12.2. The summed E-state index contributed by atoms with van der Waals surface area (Å²) in [5.41, 5.74) is 1.98. The predicted molar refractivity (Wildman–Crippen MR) is 79.0 cm³/mol. The van der Waals surface area contributed by atoms with Gasteiger partial charge in [0.25, 0.3) is 0 Å². The number of carbonyl (C=O) groups is 1. The molecule has 2 heterocycles. The Hall–Kier alpha value is -1.77. The minimum absolute atomic E-state index is 0.0303. The summed E-state index contributed by atoms with van der Waals surface area (Å²) in [4.78, 5) is 12.7. The molecule has 1 aliphatic carbocycles. The molecule has 0 fully saturated rings. The van der Waals surface area contributed by atoms with Gasteiger partial charge in [0.15, 0.2) is 5.78 Å². The van der Waals surface area contributed by atoms with Gasteiger partial charge < -0.3 is 9.47 Å². The van der Waals surface area contributed by atoms with Crippen LogP contribution in [0, 0.1) is 5.41 Å². The van der Waals surface area contributed by atoms with Gasteiger partial charge in [-0.25, -0.2) is 0 Å². The molecule has 0 radical (unpaired) electrons. The number of fused-ring (bicyclic) bond motifs is 5. The number of Topliss-reactive ketones (excluding diaryl/α,β-unsaturated/α-hetero) is 1. The lowest BCUT2D eigenvalue weighted by Gasteiger charge is -2.48. The fraction of sp³-hybridized carbons (Fsp3) is 0.500. The van der Waals surface area contributed by atoms with E-state index in [1.54, 1.807) is 0 Å². The van der Waals surface area contributed by atoms with Crippen LogP contribution in [-0.2, 0) is 9.53 Å². The largest absolute Gasteiger partial charge is 0.456 e. The zero-order valence-electron chi connectivity index (χ0n) is 12.7. The zero-order chi connectivity index (χ0) is 14.8. The minimum atomic E-state index is -0.647. The quantitative estimate of drug-likeness (QED) is 0.724. The van der Waals surface area contributed by atoms with Crippen molar-refractivity contribution in [3.8, 4) is 5.75 Å². The van der Waals surface area contributed by atoms with E-state index in [1.165, 1.54) is 0 Å². The average molecular weight is 284 g/mol. The van der Waals surface area contributed by atoms with Crippen molar-refractivity contribution in [3.63, 3.8) is 0 Å². The van der Waals surface area contributed by atoms with Crippen molar-refractivity contribution in [2.24, 2.45) is 5.41 Å². The normalized spacial score (nSPS) is 32.7. The maximum absolute atomic E-state index is 12.7. The topological polar surface area (TPSA) is 35.5 Å². The lowest BCUT2D eigenvalue weighted by atomic mass is 9.69. The van der Waals surface area contributed by atoms with Crippen molar-refractivity contribution in [3.05, 3.63) is 41.2 Å². The first kappa shape index (κ1) is 12.9. The number of allylic oxidation sites excluding steroid dienone is 2. The van der Waals surface area contributed by atoms with Gasteiger partial charge in [-0.3, -0.25) is 4.79 Å². The van der Waals surface area contributed by atoms with E-state index in [2.05, 4.69) is 19.9 Å². The molecule has 2 aliphatic heterocycles. The molecule has 0 N–H and O–H groups in total. The van der Waals surface area contributed by atoms with Crippen molar-refractivity contribution in [2.45, 2.75) is 51.7 Å². The molecule has 3 heteroatoms. The van der Waals surface area contributed by atoms with Crippen LogP contribution in [0.25, 0.3) is 0 Å². The Bertz CT molecular complexity index is 671. The third-order valence-corrected chi connectivity index (χ3v) is 4.76. The summed E-state index contributed by atoms with van der Waals surface area (Å²) in [5, 5.41) is 0. The number of hydrogen-bond acceptors (Lipinski definition) is 3. The molecule has 3 aliphatic rings. The molecule has 2 bridgehead atoms. The highest BCUT2D eigenvalue weighted by Crippen LogP contribution is 2.54. The molecular formula is C18H20O3. The van der Waals surface area contributed by atoms with Crippen molar-refractivity contribution < 1.29 is 14.3 Å². The highest BCUT2D eigenvalue weighted by Gasteiger charge is 2.50. The van der Waals surface area contributed by atoms with Crippen LogP contribution in [0.5, 0.6) is 5.75 Å². The second-order valence-electron chi connectivity index (χ2n) is 7.41. The Balaban J connectivity index is 1.89. The molecule has 3 nitrogen and oxygen atoms in total. The fourth-order valence-corrected chi connectivity index (χ4v) is 3.95. The highest BCUT2D eigenvalue weighted by molar-refractivity contribution is 5.99. The number of hydrogen-bond donors (Lipinski definition) is 0. The first-order valence-electron chi connectivity index (χ1n) is 7.60. The summed E-state index contributed by atoms with van der Waals surface area (Å²) >= 11 is 0. The number of para-hydroxylation sites is 1. The summed E-state index contributed by atoms with van der Waals surface area (Å²) in [5.74, 6) is 1.41. The van der Waals surface area contributed by atoms with E-state index in [0.717, 1.165) is 35.5 Å². The van der Waals surface area contributed by atoms with Gasteiger partial charge in [-0.2, -0.15) is 0 Å². The van der Waals surface area contributed by atoms with Gasteiger partial charge in [0.1, 0.15) is 11.5 Å². The van der Waals surface area contributed by atoms with Crippen LogP contribution in [0.3, 0.4) is 0 Å². The molecule has 0 saturated heterocycles. The summed E-state index contributed by atoms with van der Waals surface area (Å²) in [6, 6.07) is 8.01. The van der Waals surface area contributed by atoms with Crippen LogP contribution in [0.4, 0.5) is 0 Å². The number of ether oxygens (including phenoxy) is 2. The first-order chi connectivity index (χ1) is 9.87. The monoisotopic (exact) mass is 284 g/mol. The number of carbonyl (C=O) groups excluding carboxylic acids is 1. The molecule has 4 rings (SSSR count). The third-order valence-electron chi connectivity index (χ3n) is 4.76. The van der Waals surface area contributed by atoms with E-state index < -0.39 is 5.79 Å². The summed E-state index contributed by atoms with van der Waals surface area (Å²) in [6.07, 6.45) is 2.13. The van der Waals surface area contributed by atoms with Crippen molar-refractivity contribution >= 4 is 5.78 Å². The molecular weight excluding hydrogens is 264 g/mol. The minimum Gasteiger partial charge on any atom is -0.456 e. The highest BCUT2D eigenvalue weighted by atomic mass is 16.7. The predicted octanol–water partition coefficient (Wildman–Crippen LogP) is 3.94. The maximum Gasteiger partial charge on any atom is 0.248 e. The van der Waals surface area contributed by atoms with E-state index in [1.807, 2.05) is 25.1 Å². The Labute approximate surface area is 124 Å². The second kappa shape index (κ2) is 3.90. The molecule has 1 aromatic rings. The van der Waals surface area contributed by atoms with E-state index in [4.69, 9.17) is 9.47 Å². The molecule has 2 atom stereocenters. The van der Waals surface area contributed by atoms with Crippen molar-refractivity contribution in [2.75, 3.05) is 0 Å². The van der Waals surface area contributed by atoms with Gasteiger partial charge in [-0.1, -0.05) is 32.0 Å². The maximum atomic E-state index is 12.7. The molecule has 21 heavy (non-hydrogen) atoms. The van der Waals surface area contributed by atoms with Crippen molar-refractivity contribution in [1.82, 2.24) is 0 Å². The molecule has 0 unspecified atom stereocenters. The molecule has 0 saturated carbocycles. The Morgan fingerprint density at radius 3 is 2.67 bits per heavy atom. The smallest absolute Gasteiger partial charge is 0.248 e. The number of benzene rings is 1. The molecule has 110 valence electrons. The van der Waals surface area contributed by atoms with E-state index in [0.29, 0.717) is 6.42 Å². The average Bonchev–Trinajstić information content (AvgIpc) is 2.35. The standard InChI is InChI=1S/C18H20O3/c1-17(2)9-13(19)16-12-8-18(3,21-15(16)10-17)20-14-7-5-4-6-11(12)14/h4-7,12H,8-10H2,1-3H3/t12-,18+/m0/s1. The molecule has 0 aromatic heterocycles. The van der Waals surface area contributed by atoms with Crippen LogP contribution in [0.2, 0.25) is 0 Å². The van der Waals surface area contributed by atoms with Gasteiger partial charge in [-0.15, -0.1) is 0 Å². The van der Waals surface area contributed by atoms with Gasteiger partial charge >= 0.3 is 0 Å². The summed E-state index contributed by atoms with van der Waals surface area (Å²) in [6.45, 7) is 6.23. The van der Waals surface area contributed by atoms with E-state index >= 15 is 0 Å². The SMILES string of the molecule is CC1(C)CC(=O)C2=C(C1)O[C@]1(C)C[C@H]2c2ccccc2O1.